The molecule has 2 aromatic rings. The molecule has 3 rings (SSSR count). The Balaban J connectivity index is 1.55. The number of nitrogens with one attached hydrogen (secondary N) is 1. The van der Waals surface area contributed by atoms with Gasteiger partial charge < -0.3 is 10.1 Å². The van der Waals surface area contributed by atoms with Gasteiger partial charge in [0.2, 0.25) is 0 Å². The van der Waals surface area contributed by atoms with Crippen LogP contribution < -0.4 is 10.1 Å². The molecule has 1 fully saturated rings. The zero-order valence-electron chi connectivity index (χ0n) is 14.6. The molecule has 1 N–H and O–H groups in total. The minimum atomic E-state index is -0.872. The average molecular weight is 417 g/mol. The number of nitrogens with zero attached hydrogens (tertiary/aromatic N) is 1. The molecule has 0 saturated carbocycles. The predicted octanol–water partition coefficient (Wildman–Crippen LogP) is 3.77. The Morgan fingerprint density at radius 1 is 1.12 bits per heavy atom. The molecule has 0 radical (unpaired) electrons. The van der Waals surface area contributed by atoms with E-state index in [1.54, 1.807) is 6.92 Å². The number of amides is 3. The van der Waals surface area contributed by atoms with Crippen LogP contribution in [0.4, 0.5) is 4.79 Å². The summed E-state index contributed by atoms with van der Waals surface area (Å²) in [5.41, 5.74) is 0.273. The first-order valence-electron chi connectivity index (χ1n) is 8.54. The number of benzene rings is 2. The van der Waals surface area contributed by atoms with E-state index in [1.165, 1.54) is 4.90 Å². The molecule has 26 heavy (non-hydrogen) atoms. The molecule has 0 aromatic heterocycles. The van der Waals surface area contributed by atoms with Crippen LogP contribution in [0, 0.1) is 0 Å². The molecule has 1 saturated heterocycles. The van der Waals surface area contributed by atoms with Crippen molar-refractivity contribution in [1.82, 2.24) is 10.2 Å². The van der Waals surface area contributed by atoms with Crippen molar-refractivity contribution < 1.29 is 14.3 Å². The lowest BCUT2D eigenvalue weighted by molar-refractivity contribution is -0.131. The molecule has 1 aliphatic heterocycles. The monoisotopic (exact) mass is 416 g/mol. The van der Waals surface area contributed by atoms with Crippen LogP contribution in [0.2, 0.25) is 0 Å². The fraction of sp³-hybridized carbons (Fsp3) is 0.300. The molecule has 0 unspecified atom stereocenters. The van der Waals surface area contributed by atoms with Crippen LogP contribution in [-0.4, -0.2) is 35.5 Å². The summed E-state index contributed by atoms with van der Waals surface area (Å²) in [4.78, 5) is 26.2. The number of urea groups is 1. The molecule has 2 aromatic carbocycles. The van der Waals surface area contributed by atoms with Gasteiger partial charge >= 0.3 is 6.03 Å². The second-order valence-corrected chi connectivity index (χ2v) is 7.43. The highest BCUT2D eigenvalue weighted by Gasteiger charge is 2.47. The van der Waals surface area contributed by atoms with Crippen molar-refractivity contribution in [3.63, 3.8) is 0 Å². The van der Waals surface area contributed by atoms with Crippen molar-refractivity contribution in [2.24, 2.45) is 0 Å². The zero-order valence-corrected chi connectivity index (χ0v) is 16.2. The van der Waals surface area contributed by atoms with Crippen LogP contribution in [0.25, 0.3) is 0 Å². The highest BCUT2D eigenvalue weighted by Crippen LogP contribution is 2.23. The second-order valence-electron chi connectivity index (χ2n) is 6.51. The molecule has 1 aliphatic rings. The Kier molecular flexibility index (Phi) is 5.61. The fourth-order valence-electron chi connectivity index (χ4n) is 2.97. The average Bonchev–Trinajstić information content (AvgIpc) is 2.84. The van der Waals surface area contributed by atoms with Crippen molar-refractivity contribution in [2.45, 2.75) is 25.3 Å². The van der Waals surface area contributed by atoms with E-state index in [9.17, 15) is 9.59 Å². The molecule has 0 spiro atoms. The lowest BCUT2D eigenvalue weighted by Crippen LogP contribution is -2.44. The van der Waals surface area contributed by atoms with Gasteiger partial charge in [-0.15, -0.1) is 0 Å². The van der Waals surface area contributed by atoms with E-state index in [2.05, 4.69) is 21.2 Å². The lowest BCUT2D eigenvalue weighted by Gasteiger charge is -2.21. The van der Waals surface area contributed by atoms with Crippen molar-refractivity contribution in [3.05, 3.63) is 64.6 Å². The molecular formula is C20H21BrN2O3. The Morgan fingerprint density at radius 2 is 1.88 bits per heavy atom. The van der Waals surface area contributed by atoms with Gasteiger partial charge in [-0.3, -0.25) is 9.69 Å². The number of ether oxygens (including phenoxy) is 1. The van der Waals surface area contributed by atoms with E-state index in [0.29, 0.717) is 12.2 Å². The molecule has 0 aliphatic carbocycles. The summed E-state index contributed by atoms with van der Waals surface area (Å²) in [5.74, 6) is 0.495. The summed E-state index contributed by atoms with van der Waals surface area (Å²) in [5, 5.41) is 2.83. The number of hydrogen-bond acceptors (Lipinski definition) is 3. The van der Waals surface area contributed by atoms with Gasteiger partial charge in [-0.1, -0.05) is 52.3 Å². The van der Waals surface area contributed by atoms with Crippen molar-refractivity contribution >= 4 is 27.9 Å². The number of imide groups is 1. The fourth-order valence-corrected chi connectivity index (χ4v) is 3.35. The molecule has 5 nitrogen and oxygen atoms in total. The summed E-state index contributed by atoms with van der Waals surface area (Å²) in [7, 11) is 0. The van der Waals surface area contributed by atoms with Crippen LogP contribution in [0.5, 0.6) is 5.75 Å². The third-order valence-electron chi connectivity index (χ3n) is 4.48. The van der Waals surface area contributed by atoms with E-state index in [4.69, 9.17) is 4.74 Å². The largest absolute Gasteiger partial charge is 0.492 e. The summed E-state index contributed by atoms with van der Waals surface area (Å²) in [6.45, 7) is 2.26. The molecular weight excluding hydrogens is 396 g/mol. The third-order valence-corrected chi connectivity index (χ3v) is 4.97. The Bertz CT molecular complexity index is 797. The van der Waals surface area contributed by atoms with Crippen LogP contribution in [0.1, 0.15) is 18.9 Å². The maximum absolute atomic E-state index is 12.7. The van der Waals surface area contributed by atoms with Gasteiger partial charge in [-0.2, -0.15) is 0 Å². The van der Waals surface area contributed by atoms with E-state index in [-0.39, 0.29) is 25.1 Å². The maximum Gasteiger partial charge on any atom is 0.325 e. The SMILES string of the molecule is C[C@]1(CCc2ccccc2)NC(=O)N(CCOc2cccc(Br)c2)C1=O. The smallest absolute Gasteiger partial charge is 0.325 e. The summed E-state index contributed by atoms with van der Waals surface area (Å²) < 4.78 is 6.55. The molecule has 3 amide bonds. The lowest BCUT2D eigenvalue weighted by atomic mass is 9.93. The highest BCUT2D eigenvalue weighted by atomic mass is 79.9. The zero-order chi connectivity index (χ0) is 18.6. The minimum Gasteiger partial charge on any atom is -0.492 e. The maximum atomic E-state index is 12.7. The molecule has 136 valence electrons. The second kappa shape index (κ2) is 7.91. The van der Waals surface area contributed by atoms with Crippen molar-refractivity contribution in [1.29, 1.82) is 0 Å². The topological polar surface area (TPSA) is 58.6 Å². The first-order valence-corrected chi connectivity index (χ1v) is 9.34. The van der Waals surface area contributed by atoms with Gasteiger partial charge in [-0.25, -0.2) is 4.79 Å². The van der Waals surface area contributed by atoms with Crippen molar-refractivity contribution in [2.75, 3.05) is 13.2 Å². The summed E-state index contributed by atoms with van der Waals surface area (Å²) in [6, 6.07) is 17.0. The van der Waals surface area contributed by atoms with E-state index in [0.717, 1.165) is 16.5 Å². The van der Waals surface area contributed by atoms with Crippen molar-refractivity contribution in [3.8, 4) is 5.75 Å². The molecule has 1 heterocycles. The number of carbonyl (C=O) groups excluding carboxylic acids is 2. The Labute approximate surface area is 161 Å². The van der Waals surface area contributed by atoms with E-state index in [1.807, 2.05) is 54.6 Å². The highest BCUT2D eigenvalue weighted by molar-refractivity contribution is 9.10. The van der Waals surface area contributed by atoms with Crippen LogP contribution in [0.15, 0.2) is 59.1 Å². The minimum absolute atomic E-state index is 0.198. The standard InChI is InChI=1S/C20H21BrN2O3/c1-20(11-10-15-6-3-2-4-7-15)18(24)23(19(25)22-20)12-13-26-17-9-5-8-16(21)14-17/h2-9,14H,10-13H2,1H3,(H,22,25)/t20-/m1/s1. The van der Waals surface area contributed by atoms with Gasteiger partial charge in [0.1, 0.15) is 17.9 Å². The van der Waals surface area contributed by atoms with Crippen LogP contribution in [-0.2, 0) is 11.2 Å². The van der Waals surface area contributed by atoms with Crippen LogP contribution >= 0.6 is 15.9 Å². The van der Waals surface area contributed by atoms with Gasteiger partial charge in [-0.05, 0) is 43.5 Å². The number of aryl methyl sites for hydroxylation is 1. The number of halogens is 1. The van der Waals surface area contributed by atoms with E-state index < -0.39 is 5.54 Å². The Hall–Kier alpha value is -2.34. The van der Waals surface area contributed by atoms with Gasteiger partial charge in [0.05, 0.1) is 6.54 Å². The Morgan fingerprint density at radius 3 is 2.62 bits per heavy atom. The predicted molar refractivity (Wildman–Crippen MR) is 103 cm³/mol. The first-order chi connectivity index (χ1) is 12.5. The van der Waals surface area contributed by atoms with E-state index >= 15 is 0 Å². The number of carbonyl (C=O) groups is 2. The number of hydrogen-bond donors (Lipinski definition) is 1. The van der Waals surface area contributed by atoms with Crippen LogP contribution in [0.3, 0.4) is 0 Å². The third kappa shape index (κ3) is 4.25. The van der Waals surface area contributed by atoms with Gasteiger partial charge in [0, 0.05) is 4.47 Å². The number of rotatable bonds is 7. The quantitative estimate of drug-likeness (QED) is 0.698. The summed E-state index contributed by atoms with van der Waals surface area (Å²) in [6.07, 6.45) is 1.29. The first kappa shape index (κ1) is 18.5. The summed E-state index contributed by atoms with van der Waals surface area (Å²) >= 11 is 3.38. The normalized spacial score (nSPS) is 19.5. The van der Waals surface area contributed by atoms with Gasteiger partial charge in [0.25, 0.3) is 5.91 Å². The molecule has 0 bridgehead atoms. The molecule has 6 heteroatoms. The van der Waals surface area contributed by atoms with Gasteiger partial charge in [0.15, 0.2) is 0 Å². The molecule has 1 atom stereocenters.